The van der Waals surface area contributed by atoms with Crippen LogP contribution < -0.4 is 70.8 Å². The minimum absolute atomic E-state index is 0.0307. The molecule has 3 fully saturated rings. The molecule has 0 saturated carbocycles. The number of nitrogens with one attached hydrogen (secondary N) is 12. The SMILES string of the molecule is CCCC[C@H]1C(=O)N(C)[C@@H](CCCC)C(=O)N[C@@H](CCC(=O)O)C(=O)N[C@H](C(=O)NCC(N)=O)CSCC(=O)N[C@@H](Cc2ccc(O)cc2)C(=O)N(C)[C@@H](C)C(=O)N[C@@H](CC(N)=O)C(=O)N2CCC[C@H]2C(=O)N[C@@H](Cc2c[nH]cn2)C(=O)N[C@@H](CCC(N)=O)C(=O)N2C[C@H](O)C[C@H]2C(=O)C[C@@H](Cc2c[nH]c3ccccc23)C(=O)N[C@@H](CCN)C(=O)N[C@@H](Cc2c[nH]c3ccccc23)C(=O)N1C. The fourth-order valence-electron chi connectivity index (χ4n) is 16.9. The van der Waals surface area contributed by atoms with E-state index in [1.165, 1.54) is 64.9 Å². The number of aliphatic hydroxyl groups is 1. The molecular formula is C91H124N22O22S. The zero-order valence-corrected chi connectivity index (χ0v) is 77.6. The quantitative estimate of drug-likeness (QED) is 0.0250. The van der Waals surface area contributed by atoms with Crippen LogP contribution in [0.3, 0.4) is 0 Å². The third kappa shape index (κ3) is 29.3. The zero-order chi connectivity index (χ0) is 99.3. The minimum atomic E-state index is -1.82. The molecule has 45 heteroatoms. The number of fused-ring (bicyclic) bond motifs is 4. The predicted octanol–water partition coefficient (Wildman–Crippen LogP) is -2.66. The van der Waals surface area contributed by atoms with Crippen LogP contribution in [0.25, 0.3) is 21.8 Å². The number of aliphatic hydroxyl groups excluding tert-OH is 1. The number of aromatic hydroxyl groups is 1. The number of ketones is 1. The molecule has 0 aliphatic carbocycles. The molecule has 17 amide bonds. The first kappa shape index (κ1) is 106. The fraction of sp³-hybridized carbons (Fsp3) is 0.516. The van der Waals surface area contributed by atoms with E-state index < -0.39 is 279 Å². The Morgan fingerprint density at radius 1 is 0.537 bits per heavy atom. The average molecular weight is 1910 g/mol. The van der Waals surface area contributed by atoms with Crippen LogP contribution in [0.4, 0.5) is 0 Å². The maximum Gasteiger partial charge on any atom is 0.303 e. The number of unbranched alkanes of at least 4 members (excludes halogenated alkanes) is 2. The predicted molar refractivity (Wildman–Crippen MR) is 494 cm³/mol. The van der Waals surface area contributed by atoms with E-state index in [1.54, 1.807) is 67.8 Å². The number of thioether (sulfide) groups is 1. The van der Waals surface area contributed by atoms with Crippen molar-refractivity contribution in [3.63, 3.8) is 0 Å². The Balaban J connectivity index is 1.11. The van der Waals surface area contributed by atoms with Crippen molar-refractivity contribution in [2.45, 2.75) is 234 Å². The molecule has 0 bridgehead atoms. The number of rotatable bonds is 27. The number of hydrogen-bond acceptors (Lipinski definition) is 24. The number of aromatic amines is 3. The number of imidazole rings is 1. The van der Waals surface area contributed by atoms with Gasteiger partial charge in [-0.15, -0.1) is 11.8 Å². The highest BCUT2D eigenvalue weighted by Gasteiger charge is 2.47. The molecule has 15 atom stereocenters. The average Bonchev–Trinajstić information content (AvgIpc) is 1.64. The minimum Gasteiger partial charge on any atom is -0.508 e. The number of para-hydroxylation sites is 2. The Labute approximate surface area is 788 Å². The number of primary amides is 3. The van der Waals surface area contributed by atoms with E-state index in [4.69, 9.17) is 22.9 Å². The van der Waals surface area contributed by atoms with Crippen molar-refractivity contribution in [3.8, 4) is 5.75 Å². The Morgan fingerprint density at radius 3 is 1.71 bits per heavy atom. The third-order valence-corrected chi connectivity index (χ3v) is 25.5. The molecule has 44 nitrogen and oxygen atoms in total. The van der Waals surface area contributed by atoms with Crippen molar-refractivity contribution in [3.05, 3.63) is 120 Å². The highest BCUT2D eigenvalue weighted by atomic mass is 32.2. The summed E-state index contributed by atoms with van der Waals surface area (Å²) in [5.74, 6) is -21.6. The molecule has 136 heavy (non-hydrogen) atoms. The fourth-order valence-corrected chi connectivity index (χ4v) is 17.8. The molecule has 6 aromatic rings. The monoisotopic (exact) mass is 1910 g/mol. The number of hydrogen-bond donors (Lipinski definition) is 19. The topological polar surface area (TPSA) is 674 Å². The Kier molecular flexibility index (Phi) is 39.3. The molecule has 3 aromatic carbocycles. The number of nitrogens with zero attached hydrogens (tertiary/aromatic N) is 6. The number of aromatic nitrogens is 4. The number of H-pyrrole nitrogens is 3. The van der Waals surface area contributed by atoms with Crippen molar-refractivity contribution < 1.29 is 106 Å². The van der Waals surface area contributed by atoms with E-state index in [0.29, 0.717) is 69.5 Å². The molecule has 0 unspecified atom stereocenters. The summed E-state index contributed by atoms with van der Waals surface area (Å²) in [6.07, 6.45) is 0.164. The summed E-state index contributed by atoms with van der Waals surface area (Å²) in [6, 6.07) is -1.24. The van der Waals surface area contributed by atoms with Crippen molar-refractivity contribution in [2.75, 3.05) is 58.8 Å². The number of carboxylic acids is 1. The van der Waals surface area contributed by atoms with Gasteiger partial charge in [0.05, 0.1) is 42.9 Å². The number of phenolic OH excluding ortho intramolecular Hbond substituents is 1. The molecule has 23 N–H and O–H groups in total. The summed E-state index contributed by atoms with van der Waals surface area (Å²) >= 11 is 0.703. The smallest absolute Gasteiger partial charge is 0.303 e. The van der Waals surface area contributed by atoms with E-state index in [0.717, 1.165) is 24.5 Å². The number of carbonyl (C=O) groups excluding carboxylic acids is 18. The molecule has 3 aliphatic rings. The summed E-state index contributed by atoms with van der Waals surface area (Å²) in [7, 11) is 3.82. The molecular weight excluding hydrogens is 1790 g/mol. The van der Waals surface area contributed by atoms with E-state index in [9.17, 15) is 68.1 Å². The van der Waals surface area contributed by atoms with Gasteiger partial charge in [-0.1, -0.05) is 88.1 Å². The second-order valence-corrected chi connectivity index (χ2v) is 35.5. The van der Waals surface area contributed by atoms with Gasteiger partial charge in [0.15, 0.2) is 5.78 Å². The molecule has 0 spiro atoms. The summed E-state index contributed by atoms with van der Waals surface area (Å²) in [5, 5.41) is 56.4. The van der Waals surface area contributed by atoms with Crippen LogP contribution in [-0.2, 0) is 117 Å². The second-order valence-electron chi connectivity index (χ2n) is 34.5. The first-order valence-corrected chi connectivity index (χ1v) is 46.5. The standard InChI is InChI=1S/C91H124N22O22S/c1-7-9-20-69-85(129)103-61(28-30-78(121)122)82(126)108-68(81(125)99-44-76(95)119)46-136-47-77(120)101-65(34-50-23-25-55(114)26-24-50)87(131)109(4)49(3)79(123)106-67(40-75(94)118)90(134)112-33-15-22-70(112)86(130)105-64(38-54-43-96-48-100-54)84(128)104-63(27-29-74(93)117)89(133)113-45-56(115)39-72(113)73(116)37-51(35-52-41-97-59-18-13-11-16-57(52)59)80(124)102-62(31-32-92)83(127)107-66(36-53-42-98-60-19-14-12-17-58(53)60)88(132)111(6)71(21-10-8-2)91(135)110(69)5/h11-14,16-19,23-26,41-43,48-49,51,56,61-72,97-98,114-115H,7-10,15,20-22,27-40,44-47,92H2,1-6H3,(H2,93,117)(H2,94,118)(H2,95,119)(H,96,100)(H,99,125)(H,101,120)(H,102,124)(H,103,129)(H,104,128)(H,105,130)(H,106,123)(H,107,127)(H,108,126)(H,121,122)/t49-,51+,56+,61-,62-,63-,64-,65-,66-,67-,68-,69-,70-,71-,72-/m0/s1. The summed E-state index contributed by atoms with van der Waals surface area (Å²) < 4.78 is 0. The van der Waals surface area contributed by atoms with Gasteiger partial charge in [0.1, 0.15) is 78.3 Å². The van der Waals surface area contributed by atoms with Crippen LogP contribution in [0.15, 0.2) is 97.7 Å². The Bertz CT molecular complexity index is 5300. The second kappa shape index (κ2) is 50.5. The lowest BCUT2D eigenvalue weighted by Crippen LogP contribution is -2.60. The molecule has 0 radical (unpaired) electrons. The molecule has 6 heterocycles. The maximum absolute atomic E-state index is 15.8. The highest BCUT2D eigenvalue weighted by molar-refractivity contribution is 8.00. The molecule has 3 saturated heterocycles. The summed E-state index contributed by atoms with van der Waals surface area (Å²) in [6.45, 7) is 3.16. The largest absolute Gasteiger partial charge is 0.508 e. The van der Waals surface area contributed by atoms with Crippen LogP contribution >= 0.6 is 11.8 Å². The molecule has 3 aliphatic heterocycles. The van der Waals surface area contributed by atoms with Crippen molar-refractivity contribution in [2.24, 2.45) is 28.9 Å². The lowest BCUT2D eigenvalue weighted by Gasteiger charge is -2.36. The number of likely N-dealkylation sites (N-methyl/N-ethyl adjacent to an activating group) is 3. The number of aliphatic carboxylic acids is 1. The van der Waals surface area contributed by atoms with E-state index in [2.05, 4.69) is 67.8 Å². The van der Waals surface area contributed by atoms with Gasteiger partial charge in [0.2, 0.25) is 100 Å². The van der Waals surface area contributed by atoms with Crippen LogP contribution in [0.5, 0.6) is 5.75 Å². The van der Waals surface area contributed by atoms with Gasteiger partial charge in [-0.3, -0.25) is 91.1 Å². The van der Waals surface area contributed by atoms with Crippen LogP contribution in [0.2, 0.25) is 0 Å². The maximum atomic E-state index is 15.8. The van der Waals surface area contributed by atoms with Crippen LogP contribution in [0, 0.1) is 5.92 Å². The van der Waals surface area contributed by atoms with Crippen molar-refractivity contribution in [1.82, 2.24) is 92.3 Å². The number of nitrogens with two attached hydrogens (primary N) is 4. The van der Waals surface area contributed by atoms with Gasteiger partial charge in [-0.25, -0.2) is 4.98 Å². The van der Waals surface area contributed by atoms with Gasteiger partial charge in [0.25, 0.3) is 0 Å². The van der Waals surface area contributed by atoms with Gasteiger partial charge in [0, 0.05) is 131 Å². The first-order valence-electron chi connectivity index (χ1n) is 45.3. The van der Waals surface area contributed by atoms with Crippen LogP contribution in [-0.4, -0.2) is 315 Å². The third-order valence-electron chi connectivity index (χ3n) is 24.5. The van der Waals surface area contributed by atoms with E-state index in [1.807, 2.05) is 6.92 Å². The number of carboxylic acid groups (broad SMARTS) is 1. The van der Waals surface area contributed by atoms with Gasteiger partial charge < -0.3 is 126 Å². The first-order chi connectivity index (χ1) is 64.8. The lowest BCUT2D eigenvalue weighted by atomic mass is 9.90. The van der Waals surface area contributed by atoms with E-state index in [-0.39, 0.29) is 82.3 Å². The van der Waals surface area contributed by atoms with Crippen LogP contribution in [0.1, 0.15) is 146 Å². The highest BCUT2D eigenvalue weighted by Crippen LogP contribution is 2.30. The van der Waals surface area contributed by atoms with Crippen molar-refractivity contribution >= 4 is 146 Å². The Hall–Kier alpha value is -13.9. The molecule has 736 valence electrons. The molecule has 3 aromatic heterocycles. The van der Waals surface area contributed by atoms with Gasteiger partial charge in [-0.2, -0.15) is 0 Å². The number of benzene rings is 3. The van der Waals surface area contributed by atoms with Crippen molar-refractivity contribution in [1.29, 1.82) is 0 Å². The summed E-state index contributed by atoms with van der Waals surface area (Å²) in [5.41, 5.74) is 25.9. The Morgan fingerprint density at radius 2 is 1.10 bits per heavy atom. The number of amides is 17. The van der Waals surface area contributed by atoms with Gasteiger partial charge in [-0.05, 0) is 106 Å². The lowest BCUT2D eigenvalue weighted by molar-refractivity contribution is -0.149. The normalized spacial score (nSPS) is 24.7. The number of phenols is 1. The molecule has 9 rings (SSSR count). The summed E-state index contributed by atoms with van der Waals surface area (Å²) in [4.78, 5) is 294. The van der Waals surface area contributed by atoms with E-state index >= 15 is 38.4 Å². The number of carbonyl (C=O) groups is 19. The zero-order valence-electron chi connectivity index (χ0n) is 76.8. The van der Waals surface area contributed by atoms with Gasteiger partial charge >= 0.3 is 5.97 Å². The number of Topliss-reactive ketones (excluding diaryl/α,β-unsaturated/α-hetero) is 1.